The minimum absolute atomic E-state index is 0.181. The van der Waals surface area contributed by atoms with Gasteiger partial charge in [-0.25, -0.2) is 0 Å². The molecular formula is C16H23BrN2O2. The van der Waals surface area contributed by atoms with Crippen molar-refractivity contribution >= 4 is 21.8 Å². The van der Waals surface area contributed by atoms with Gasteiger partial charge in [0.15, 0.2) is 0 Å². The average Bonchev–Trinajstić information content (AvgIpc) is 2.47. The Bertz CT molecular complexity index is 499. The number of halogens is 1. The molecule has 4 nitrogen and oxygen atoms in total. The molecule has 1 saturated heterocycles. The van der Waals surface area contributed by atoms with Crippen molar-refractivity contribution in [2.24, 2.45) is 0 Å². The molecule has 116 valence electrons. The first-order chi connectivity index (χ1) is 10.0. The van der Waals surface area contributed by atoms with Crippen LogP contribution >= 0.6 is 15.9 Å². The van der Waals surface area contributed by atoms with E-state index in [9.17, 15) is 4.79 Å². The summed E-state index contributed by atoms with van der Waals surface area (Å²) in [6.45, 7) is 5.52. The van der Waals surface area contributed by atoms with Crippen LogP contribution in [0.3, 0.4) is 0 Å². The zero-order valence-electron chi connectivity index (χ0n) is 12.9. The monoisotopic (exact) mass is 354 g/mol. The lowest BCUT2D eigenvalue weighted by molar-refractivity contribution is -0.129. The SMILES string of the molecule is COc1ccc([C@@H](C)NC2CCN(C(C)=O)CC2)cc1Br. The third-order valence-corrected chi connectivity index (χ3v) is 4.72. The maximum Gasteiger partial charge on any atom is 0.219 e. The lowest BCUT2D eigenvalue weighted by Gasteiger charge is -2.33. The van der Waals surface area contributed by atoms with Crippen LogP contribution in [0.15, 0.2) is 22.7 Å². The van der Waals surface area contributed by atoms with Gasteiger partial charge in [0.2, 0.25) is 5.91 Å². The topological polar surface area (TPSA) is 41.6 Å². The van der Waals surface area contributed by atoms with E-state index in [-0.39, 0.29) is 11.9 Å². The number of rotatable bonds is 4. The molecule has 1 atom stereocenters. The van der Waals surface area contributed by atoms with Gasteiger partial charge in [-0.2, -0.15) is 0 Å². The Morgan fingerprint density at radius 2 is 2.10 bits per heavy atom. The van der Waals surface area contributed by atoms with Crippen molar-refractivity contribution in [1.29, 1.82) is 0 Å². The van der Waals surface area contributed by atoms with Crippen molar-refractivity contribution < 1.29 is 9.53 Å². The summed E-state index contributed by atoms with van der Waals surface area (Å²) in [5, 5.41) is 3.66. The molecule has 0 aliphatic carbocycles. The molecule has 0 unspecified atom stereocenters. The molecule has 0 aromatic heterocycles. The fourth-order valence-electron chi connectivity index (χ4n) is 2.76. The molecule has 0 spiro atoms. The van der Waals surface area contributed by atoms with Crippen LogP contribution < -0.4 is 10.1 Å². The molecule has 21 heavy (non-hydrogen) atoms. The summed E-state index contributed by atoms with van der Waals surface area (Å²) < 4.78 is 6.23. The van der Waals surface area contributed by atoms with Crippen LogP contribution in [0.1, 0.15) is 38.3 Å². The highest BCUT2D eigenvalue weighted by atomic mass is 79.9. The molecule has 5 heteroatoms. The molecule has 2 rings (SSSR count). The van der Waals surface area contributed by atoms with Gasteiger partial charge in [0, 0.05) is 32.1 Å². The molecule has 1 amide bonds. The molecule has 1 aromatic carbocycles. The van der Waals surface area contributed by atoms with Gasteiger partial charge in [-0.05, 0) is 53.4 Å². The number of carbonyl (C=O) groups excluding carboxylic acids is 1. The Morgan fingerprint density at radius 3 is 2.62 bits per heavy atom. The van der Waals surface area contributed by atoms with Crippen molar-refractivity contribution in [2.45, 2.75) is 38.8 Å². The summed E-state index contributed by atoms with van der Waals surface area (Å²) in [5.41, 5.74) is 1.23. The number of hydrogen-bond donors (Lipinski definition) is 1. The third kappa shape index (κ3) is 4.20. The fourth-order valence-corrected chi connectivity index (χ4v) is 3.32. The van der Waals surface area contributed by atoms with Crippen LogP contribution in [0.25, 0.3) is 0 Å². The second-order valence-electron chi connectivity index (χ2n) is 5.56. The van der Waals surface area contributed by atoms with E-state index in [1.165, 1.54) is 5.56 Å². The molecule has 0 bridgehead atoms. The van der Waals surface area contributed by atoms with E-state index in [0.29, 0.717) is 6.04 Å². The number of nitrogens with one attached hydrogen (secondary N) is 1. The van der Waals surface area contributed by atoms with Gasteiger partial charge in [-0.15, -0.1) is 0 Å². The summed E-state index contributed by atoms with van der Waals surface area (Å²) in [4.78, 5) is 13.3. The van der Waals surface area contributed by atoms with Crippen LogP contribution in [-0.4, -0.2) is 37.0 Å². The Kier molecular flexibility index (Phi) is 5.65. The zero-order valence-corrected chi connectivity index (χ0v) is 14.4. The normalized spacial score (nSPS) is 17.6. The Morgan fingerprint density at radius 1 is 1.43 bits per heavy atom. The van der Waals surface area contributed by atoms with E-state index < -0.39 is 0 Å². The highest BCUT2D eigenvalue weighted by Crippen LogP contribution is 2.28. The molecular weight excluding hydrogens is 332 g/mol. The van der Waals surface area contributed by atoms with E-state index in [0.717, 1.165) is 36.2 Å². The van der Waals surface area contributed by atoms with Gasteiger partial charge in [0.25, 0.3) is 0 Å². The van der Waals surface area contributed by atoms with Crippen molar-refractivity contribution in [2.75, 3.05) is 20.2 Å². The van der Waals surface area contributed by atoms with Gasteiger partial charge in [0.05, 0.1) is 11.6 Å². The van der Waals surface area contributed by atoms with Crippen molar-refractivity contribution in [3.8, 4) is 5.75 Å². The van der Waals surface area contributed by atoms with Crippen LogP contribution in [0.2, 0.25) is 0 Å². The van der Waals surface area contributed by atoms with Crippen molar-refractivity contribution in [3.63, 3.8) is 0 Å². The quantitative estimate of drug-likeness (QED) is 0.902. The van der Waals surface area contributed by atoms with Gasteiger partial charge in [0.1, 0.15) is 5.75 Å². The van der Waals surface area contributed by atoms with E-state index in [2.05, 4.69) is 40.3 Å². The standard InChI is InChI=1S/C16H23BrN2O2/c1-11(13-4-5-16(21-3)15(17)10-13)18-14-6-8-19(9-7-14)12(2)20/h4-5,10-11,14,18H,6-9H2,1-3H3/t11-/m1/s1. The van der Waals surface area contributed by atoms with E-state index in [1.807, 2.05) is 11.0 Å². The molecule has 1 heterocycles. The summed E-state index contributed by atoms with van der Waals surface area (Å²) in [6.07, 6.45) is 2.03. The second-order valence-corrected chi connectivity index (χ2v) is 6.42. The van der Waals surface area contributed by atoms with E-state index in [4.69, 9.17) is 4.74 Å². The maximum absolute atomic E-state index is 11.3. The van der Waals surface area contributed by atoms with Crippen LogP contribution in [0.5, 0.6) is 5.75 Å². The number of amides is 1. The Hall–Kier alpha value is -1.07. The zero-order chi connectivity index (χ0) is 15.4. The largest absolute Gasteiger partial charge is 0.496 e. The Balaban J connectivity index is 1.91. The summed E-state index contributed by atoms with van der Waals surface area (Å²) in [5.74, 6) is 1.03. The molecule has 1 aromatic rings. The number of benzene rings is 1. The van der Waals surface area contributed by atoms with Gasteiger partial charge < -0.3 is 15.0 Å². The number of carbonyl (C=O) groups is 1. The first kappa shape index (κ1) is 16.3. The number of ether oxygens (including phenoxy) is 1. The van der Waals surface area contributed by atoms with Crippen LogP contribution in [0, 0.1) is 0 Å². The first-order valence-electron chi connectivity index (χ1n) is 7.36. The number of methoxy groups -OCH3 is 1. The second kappa shape index (κ2) is 7.27. The van der Waals surface area contributed by atoms with Crippen LogP contribution in [-0.2, 0) is 4.79 Å². The highest BCUT2D eigenvalue weighted by molar-refractivity contribution is 9.10. The van der Waals surface area contributed by atoms with Gasteiger partial charge in [-0.3, -0.25) is 4.79 Å². The summed E-state index contributed by atoms with van der Waals surface area (Å²) in [7, 11) is 1.67. The molecule has 1 fully saturated rings. The van der Waals surface area contributed by atoms with Crippen molar-refractivity contribution in [1.82, 2.24) is 10.2 Å². The van der Waals surface area contributed by atoms with Crippen LogP contribution in [0.4, 0.5) is 0 Å². The first-order valence-corrected chi connectivity index (χ1v) is 8.15. The van der Waals surface area contributed by atoms with Crippen molar-refractivity contribution in [3.05, 3.63) is 28.2 Å². The molecule has 0 radical (unpaired) electrons. The minimum atomic E-state index is 0.181. The lowest BCUT2D eigenvalue weighted by atomic mass is 10.0. The molecule has 1 aliphatic rings. The number of nitrogens with zero attached hydrogens (tertiary/aromatic N) is 1. The summed E-state index contributed by atoms with van der Waals surface area (Å²) >= 11 is 3.53. The number of likely N-dealkylation sites (tertiary alicyclic amines) is 1. The lowest BCUT2D eigenvalue weighted by Crippen LogP contribution is -2.44. The minimum Gasteiger partial charge on any atom is -0.496 e. The molecule has 1 aliphatic heterocycles. The smallest absolute Gasteiger partial charge is 0.219 e. The summed E-state index contributed by atoms with van der Waals surface area (Å²) in [6, 6.07) is 6.92. The average molecular weight is 355 g/mol. The Labute approximate surface area is 135 Å². The number of hydrogen-bond acceptors (Lipinski definition) is 3. The third-order valence-electron chi connectivity index (χ3n) is 4.10. The molecule has 0 saturated carbocycles. The maximum atomic E-state index is 11.3. The predicted octanol–water partition coefficient (Wildman–Crippen LogP) is 3.12. The van der Waals surface area contributed by atoms with E-state index in [1.54, 1.807) is 14.0 Å². The highest BCUT2D eigenvalue weighted by Gasteiger charge is 2.22. The fraction of sp³-hybridized carbons (Fsp3) is 0.562. The predicted molar refractivity (Wildman–Crippen MR) is 87.5 cm³/mol. The van der Waals surface area contributed by atoms with Gasteiger partial charge >= 0.3 is 0 Å². The number of piperidine rings is 1. The van der Waals surface area contributed by atoms with E-state index >= 15 is 0 Å². The molecule has 1 N–H and O–H groups in total. The van der Waals surface area contributed by atoms with Gasteiger partial charge in [-0.1, -0.05) is 6.07 Å².